The molecule has 1 rings (SSSR count). The Morgan fingerprint density at radius 3 is 3.22 bits per heavy atom. The van der Waals surface area contributed by atoms with Gasteiger partial charge in [0.25, 0.3) is 0 Å². The zero-order valence-corrected chi connectivity index (χ0v) is 5.77. The molecule has 1 aliphatic rings. The SMILES string of the molecule is C=CCC1C[CH]CCN1. The van der Waals surface area contributed by atoms with E-state index in [4.69, 9.17) is 0 Å². The van der Waals surface area contributed by atoms with Crippen LogP contribution in [-0.2, 0) is 0 Å². The zero-order valence-electron chi connectivity index (χ0n) is 5.77. The van der Waals surface area contributed by atoms with E-state index < -0.39 is 0 Å². The average Bonchev–Trinajstić information content (AvgIpc) is 1.91. The first kappa shape index (κ1) is 6.81. The summed E-state index contributed by atoms with van der Waals surface area (Å²) in [5.41, 5.74) is 0. The molecule has 1 heterocycles. The van der Waals surface area contributed by atoms with Crippen molar-refractivity contribution in [2.45, 2.75) is 25.3 Å². The lowest BCUT2D eigenvalue weighted by atomic mass is 10.0. The Hall–Kier alpha value is -0.300. The molecule has 0 spiro atoms. The number of rotatable bonds is 2. The summed E-state index contributed by atoms with van der Waals surface area (Å²) >= 11 is 0. The van der Waals surface area contributed by atoms with Crippen LogP contribution in [0.2, 0.25) is 0 Å². The maximum atomic E-state index is 3.70. The molecule has 0 aromatic rings. The van der Waals surface area contributed by atoms with Crippen LogP contribution in [0.25, 0.3) is 0 Å². The highest BCUT2D eigenvalue weighted by molar-refractivity contribution is 4.86. The third-order valence-corrected chi connectivity index (χ3v) is 1.68. The maximum Gasteiger partial charge on any atom is 0.0104 e. The van der Waals surface area contributed by atoms with Gasteiger partial charge >= 0.3 is 0 Å². The molecule has 1 heteroatoms. The van der Waals surface area contributed by atoms with Crippen molar-refractivity contribution in [2.24, 2.45) is 0 Å². The average molecular weight is 124 g/mol. The fourth-order valence-corrected chi connectivity index (χ4v) is 1.17. The van der Waals surface area contributed by atoms with Crippen molar-refractivity contribution in [1.29, 1.82) is 0 Å². The van der Waals surface area contributed by atoms with Crippen LogP contribution in [0.15, 0.2) is 12.7 Å². The first-order chi connectivity index (χ1) is 4.43. The van der Waals surface area contributed by atoms with Crippen molar-refractivity contribution in [1.82, 2.24) is 5.32 Å². The van der Waals surface area contributed by atoms with Gasteiger partial charge in [0.1, 0.15) is 0 Å². The summed E-state index contributed by atoms with van der Waals surface area (Å²) < 4.78 is 0. The van der Waals surface area contributed by atoms with Crippen molar-refractivity contribution in [3.8, 4) is 0 Å². The molecule has 0 bridgehead atoms. The molecule has 0 saturated carbocycles. The molecule has 1 atom stereocenters. The Kier molecular flexibility index (Phi) is 2.78. The van der Waals surface area contributed by atoms with Crippen LogP contribution in [0, 0.1) is 6.42 Å². The van der Waals surface area contributed by atoms with E-state index >= 15 is 0 Å². The minimum absolute atomic E-state index is 0.677. The molecule has 0 aromatic carbocycles. The van der Waals surface area contributed by atoms with Crippen LogP contribution in [0.1, 0.15) is 19.3 Å². The van der Waals surface area contributed by atoms with Crippen molar-refractivity contribution in [2.75, 3.05) is 6.54 Å². The smallest absolute Gasteiger partial charge is 0.0104 e. The topological polar surface area (TPSA) is 12.0 Å². The second-order valence-electron chi connectivity index (χ2n) is 2.49. The third-order valence-electron chi connectivity index (χ3n) is 1.68. The van der Waals surface area contributed by atoms with E-state index in [1.807, 2.05) is 6.08 Å². The lowest BCUT2D eigenvalue weighted by Crippen LogP contribution is -2.33. The molecule has 0 amide bonds. The van der Waals surface area contributed by atoms with Gasteiger partial charge in [-0.3, -0.25) is 0 Å². The van der Waals surface area contributed by atoms with Gasteiger partial charge in [-0.25, -0.2) is 0 Å². The minimum atomic E-state index is 0.677. The zero-order chi connectivity index (χ0) is 6.53. The molecular formula is C8H14N. The van der Waals surface area contributed by atoms with Gasteiger partial charge in [-0.2, -0.15) is 0 Å². The summed E-state index contributed by atoms with van der Waals surface area (Å²) in [5.74, 6) is 0. The number of hydrogen-bond donors (Lipinski definition) is 1. The normalized spacial score (nSPS) is 27.8. The lowest BCUT2D eigenvalue weighted by molar-refractivity contribution is 0.462. The van der Waals surface area contributed by atoms with Crippen molar-refractivity contribution in [3.05, 3.63) is 19.1 Å². The summed E-state index contributed by atoms with van der Waals surface area (Å²) in [4.78, 5) is 0. The van der Waals surface area contributed by atoms with Gasteiger partial charge in [0, 0.05) is 6.04 Å². The minimum Gasteiger partial charge on any atom is -0.314 e. The van der Waals surface area contributed by atoms with Crippen LogP contribution in [0.3, 0.4) is 0 Å². The Morgan fingerprint density at radius 2 is 2.67 bits per heavy atom. The molecule has 0 aliphatic carbocycles. The molecule has 9 heavy (non-hydrogen) atoms. The fraction of sp³-hybridized carbons (Fsp3) is 0.625. The van der Waals surface area contributed by atoms with Crippen LogP contribution in [0.4, 0.5) is 0 Å². The molecular weight excluding hydrogens is 110 g/mol. The lowest BCUT2D eigenvalue weighted by Gasteiger charge is -2.21. The van der Waals surface area contributed by atoms with Crippen molar-refractivity contribution >= 4 is 0 Å². The molecule has 1 aliphatic heterocycles. The summed E-state index contributed by atoms with van der Waals surface area (Å²) in [6.45, 7) is 4.85. The standard InChI is InChI=1S/C8H14N/c1-2-5-8-6-3-4-7-9-8/h2-3,8-9H,1,4-7H2. The summed E-state index contributed by atoms with van der Waals surface area (Å²) in [6, 6.07) is 0.677. The largest absolute Gasteiger partial charge is 0.314 e. The van der Waals surface area contributed by atoms with Gasteiger partial charge in [0.15, 0.2) is 0 Å². The van der Waals surface area contributed by atoms with Crippen LogP contribution in [-0.4, -0.2) is 12.6 Å². The van der Waals surface area contributed by atoms with E-state index in [1.54, 1.807) is 0 Å². The highest BCUT2D eigenvalue weighted by atomic mass is 14.9. The van der Waals surface area contributed by atoms with Crippen LogP contribution in [0.5, 0.6) is 0 Å². The Bertz CT molecular complexity index is 82.6. The molecule has 1 saturated heterocycles. The highest BCUT2D eigenvalue weighted by Gasteiger charge is 2.09. The Morgan fingerprint density at radius 1 is 1.78 bits per heavy atom. The van der Waals surface area contributed by atoms with E-state index in [-0.39, 0.29) is 0 Å². The first-order valence-corrected chi connectivity index (χ1v) is 3.59. The number of piperidine rings is 1. The summed E-state index contributed by atoms with van der Waals surface area (Å²) in [7, 11) is 0. The van der Waals surface area contributed by atoms with Gasteiger partial charge in [-0.1, -0.05) is 6.08 Å². The highest BCUT2D eigenvalue weighted by Crippen LogP contribution is 2.08. The first-order valence-electron chi connectivity index (χ1n) is 3.59. The second kappa shape index (κ2) is 3.67. The van der Waals surface area contributed by atoms with Gasteiger partial charge in [0.05, 0.1) is 0 Å². The quantitative estimate of drug-likeness (QED) is 0.550. The molecule has 51 valence electrons. The van der Waals surface area contributed by atoms with Crippen molar-refractivity contribution < 1.29 is 0 Å². The van der Waals surface area contributed by atoms with E-state index in [1.165, 1.54) is 12.8 Å². The van der Waals surface area contributed by atoms with E-state index in [9.17, 15) is 0 Å². The fourth-order valence-electron chi connectivity index (χ4n) is 1.17. The number of nitrogens with one attached hydrogen (secondary N) is 1. The van der Waals surface area contributed by atoms with Crippen molar-refractivity contribution in [3.63, 3.8) is 0 Å². The molecule has 1 N–H and O–H groups in total. The predicted molar refractivity (Wildman–Crippen MR) is 40.1 cm³/mol. The van der Waals surface area contributed by atoms with Gasteiger partial charge in [-0.05, 0) is 32.2 Å². The summed E-state index contributed by atoms with van der Waals surface area (Å²) in [6.07, 6.45) is 7.89. The van der Waals surface area contributed by atoms with Gasteiger partial charge < -0.3 is 5.32 Å². The summed E-state index contributed by atoms with van der Waals surface area (Å²) in [5, 5.41) is 3.42. The van der Waals surface area contributed by atoms with E-state index in [0.717, 1.165) is 13.0 Å². The molecule has 1 unspecified atom stereocenters. The van der Waals surface area contributed by atoms with Crippen LogP contribution >= 0.6 is 0 Å². The van der Waals surface area contributed by atoms with E-state index in [2.05, 4.69) is 18.3 Å². The predicted octanol–water partition coefficient (Wildman–Crippen LogP) is 1.52. The van der Waals surface area contributed by atoms with Gasteiger partial charge in [0.2, 0.25) is 0 Å². The second-order valence-corrected chi connectivity index (χ2v) is 2.49. The Balaban J connectivity index is 2.15. The molecule has 1 fully saturated rings. The van der Waals surface area contributed by atoms with Crippen LogP contribution < -0.4 is 5.32 Å². The third kappa shape index (κ3) is 2.19. The van der Waals surface area contributed by atoms with Gasteiger partial charge in [-0.15, -0.1) is 6.58 Å². The molecule has 1 nitrogen and oxygen atoms in total. The Labute approximate surface area is 57.1 Å². The number of hydrogen-bond acceptors (Lipinski definition) is 1. The molecule has 1 radical (unpaired) electrons. The van der Waals surface area contributed by atoms with E-state index in [0.29, 0.717) is 6.04 Å². The maximum absolute atomic E-state index is 3.70. The monoisotopic (exact) mass is 124 g/mol. The molecule has 0 aromatic heterocycles.